The van der Waals surface area contributed by atoms with Crippen LogP contribution >= 0.6 is 23.2 Å². The summed E-state index contributed by atoms with van der Waals surface area (Å²) in [7, 11) is 0. The lowest BCUT2D eigenvalue weighted by Gasteiger charge is -2.37. The van der Waals surface area contributed by atoms with Crippen LogP contribution in [-0.2, 0) is 0 Å². The van der Waals surface area contributed by atoms with E-state index in [1.54, 1.807) is 24.0 Å². The lowest BCUT2D eigenvalue weighted by molar-refractivity contribution is 0.191. The highest BCUT2D eigenvalue weighted by Gasteiger charge is 2.25. The quantitative estimate of drug-likeness (QED) is 0.704. The zero-order valence-electron chi connectivity index (χ0n) is 15.6. The fourth-order valence-corrected chi connectivity index (χ4v) is 3.81. The van der Waals surface area contributed by atoms with Crippen molar-refractivity contribution in [3.63, 3.8) is 0 Å². The predicted molar refractivity (Wildman–Crippen MR) is 108 cm³/mol. The monoisotopic (exact) mass is 438 g/mol. The second-order valence-corrected chi connectivity index (χ2v) is 7.49. The summed E-state index contributed by atoms with van der Waals surface area (Å²) in [6.07, 6.45) is 0. The normalized spacial score (nSPS) is 15.0. The Morgan fingerprint density at radius 2 is 1.83 bits per heavy atom. The largest absolute Gasteiger partial charge is 0.367 e. The summed E-state index contributed by atoms with van der Waals surface area (Å²) in [6.45, 7) is 3.40. The second-order valence-electron chi connectivity index (χ2n) is 6.68. The molecule has 1 heterocycles. The highest BCUT2D eigenvalue weighted by molar-refractivity contribution is 6.35. The first kappa shape index (κ1) is 21.2. The third-order valence-electron chi connectivity index (χ3n) is 4.86. The molecule has 152 valence electrons. The first-order valence-corrected chi connectivity index (χ1v) is 9.71. The number of hydrogen-bond acceptors (Lipinski definition) is 3. The van der Waals surface area contributed by atoms with E-state index in [2.05, 4.69) is 5.32 Å². The molecule has 0 aliphatic carbocycles. The van der Waals surface area contributed by atoms with Crippen molar-refractivity contribution in [1.82, 2.24) is 10.2 Å². The van der Waals surface area contributed by atoms with Crippen molar-refractivity contribution in [1.29, 1.82) is 5.26 Å². The van der Waals surface area contributed by atoms with Gasteiger partial charge in [0, 0.05) is 31.2 Å². The standard InChI is InChI=1S/C20H18Cl2F2N4O/c1-12(13-9-18(24)16(22)10-15(13)21)26-20(29)28-7-5-27(6-8-28)19-4-2-3-17(23)14(19)11-25/h2-4,9-10,12H,5-8H2,1H3,(H,26,29). The van der Waals surface area contributed by atoms with Crippen LogP contribution in [0.25, 0.3) is 0 Å². The van der Waals surface area contributed by atoms with E-state index in [0.29, 0.717) is 37.4 Å². The summed E-state index contributed by atoms with van der Waals surface area (Å²) < 4.78 is 27.6. The van der Waals surface area contributed by atoms with Crippen LogP contribution in [0.4, 0.5) is 19.3 Å². The van der Waals surface area contributed by atoms with Gasteiger partial charge >= 0.3 is 6.03 Å². The zero-order valence-corrected chi connectivity index (χ0v) is 17.1. The molecular formula is C20H18Cl2F2N4O. The minimum atomic E-state index is -0.607. The van der Waals surface area contributed by atoms with Crippen LogP contribution in [0.15, 0.2) is 30.3 Å². The van der Waals surface area contributed by atoms with Crippen LogP contribution in [0.2, 0.25) is 10.0 Å². The fraction of sp³-hybridized carbons (Fsp3) is 0.300. The number of anilines is 1. The maximum Gasteiger partial charge on any atom is 0.317 e. The number of rotatable bonds is 3. The van der Waals surface area contributed by atoms with Gasteiger partial charge in [-0.1, -0.05) is 29.3 Å². The molecule has 1 fully saturated rings. The van der Waals surface area contributed by atoms with E-state index >= 15 is 0 Å². The van der Waals surface area contributed by atoms with Crippen molar-refractivity contribution >= 4 is 34.9 Å². The molecule has 5 nitrogen and oxygen atoms in total. The first-order valence-electron chi connectivity index (χ1n) is 8.95. The molecule has 1 aliphatic heterocycles. The minimum Gasteiger partial charge on any atom is -0.367 e. The van der Waals surface area contributed by atoms with E-state index in [-0.39, 0.29) is 21.6 Å². The van der Waals surface area contributed by atoms with Crippen molar-refractivity contribution in [2.75, 3.05) is 31.1 Å². The van der Waals surface area contributed by atoms with Crippen LogP contribution in [0.3, 0.4) is 0 Å². The topological polar surface area (TPSA) is 59.4 Å². The molecule has 0 bridgehead atoms. The summed E-state index contributed by atoms with van der Waals surface area (Å²) in [6, 6.07) is 8.07. The van der Waals surface area contributed by atoms with Crippen LogP contribution in [0.1, 0.15) is 24.1 Å². The molecule has 2 aromatic rings. The Bertz CT molecular complexity index is 972. The Kier molecular flexibility index (Phi) is 6.46. The summed E-state index contributed by atoms with van der Waals surface area (Å²) in [5.41, 5.74) is 0.946. The van der Waals surface area contributed by atoms with Gasteiger partial charge in [-0.2, -0.15) is 5.26 Å². The zero-order chi connectivity index (χ0) is 21.1. The summed E-state index contributed by atoms with van der Waals surface area (Å²) in [4.78, 5) is 16.1. The molecular weight excluding hydrogens is 421 g/mol. The van der Waals surface area contributed by atoms with Crippen molar-refractivity contribution < 1.29 is 13.6 Å². The van der Waals surface area contributed by atoms with Gasteiger partial charge in [-0.3, -0.25) is 0 Å². The Morgan fingerprint density at radius 1 is 1.14 bits per heavy atom. The molecule has 0 spiro atoms. The number of carbonyl (C=O) groups is 1. The minimum absolute atomic E-state index is 0.00145. The van der Waals surface area contributed by atoms with Crippen molar-refractivity contribution in [3.05, 3.63) is 63.1 Å². The predicted octanol–water partition coefficient (Wildman–Crippen LogP) is 4.74. The van der Waals surface area contributed by atoms with E-state index in [0.717, 1.165) is 0 Å². The fourth-order valence-electron chi connectivity index (χ4n) is 3.26. The number of nitrogens with one attached hydrogen (secondary N) is 1. The molecule has 0 radical (unpaired) electrons. The van der Waals surface area contributed by atoms with Crippen LogP contribution < -0.4 is 10.2 Å². The molecule has 0 saturated carbocycles. The van der Waals surface area contributed by atoms with E-state index in [1.165, 1.54) is 18.2 Å². The van der Waals surface area contributed by atoms with Gasteiger partial charge in [0.15, 0.2) is 0 Å². The van der Waals surface area contributed by atoms with Crippen LogP contribution in [0.5, 0.6) is 0 Å². The molecule has 1 unspecified atom stereocenters. The van der Waals surface area contributed by atoms with Crippen molar-refractivity contribution in [2.24, 2.45) is 0 Å². The van der Waals surface area contributed by atoms with E-state index < -0.39 is 17.7 Å². The first-order chi connectivity index (χ1) is 13.8. The number of halogens is 4. The maximum absolute atomic E-state index is 13.8. The van der Waals surface area contributed by atoms with E-state index in [4.69, 9.17) is 23.2 Å². The lowest BCUT2D eigenvalue weighted by Crippen LogP contribution is -2.52. The Morgan fingerprint density at radius 3 is 2.48 bits per heavy atom. The number of nitrogens with zero attached hydrogens (tertiary/aromatic N) is 3. The molecule has 1 atom stereocenters. The summed E-state index contributed by atoms with van der Waals surface area (Å²) >= 11 is 11.8. The Hall–Kier alpha value is -2.56. The number of hydrogen-bond donors (Lipinski definition) is 1. The molecule has 3 rings (SSSR count). The van der Waals surface area contributed by atoms with Gasteiger partial charge in [0.2, 0.25) is 0 Å². The highest BCUT2D eigenvalue weighted by atomic mass is 35.5. The van der Waals surface area contributed by atoms with Gasteiger partial charge in [0.05, 0.1) is 16.8 Å². The van der Waals surface area contributed by atoms with Gasteiger partial charge in [-0.05, 0) is 36.8 Å². The third kappa shape index (κ3) is 4.55. The summed E-state index contributed by atoms with van der Waals surface area (Å²) in [5.74, 6) is -1.17. The molecule has 1 aliphatic rings. The van der Waals surface area contributed by atoms with Crippen LogP contribution in [-0.4, -0.2) is 37.1 Å². The smallest absolute Gasteiger partial charge is 0.317 e. The Labute approximate surface area is 177 Å². The van der Waals surface area contributed by atoms with Crippen LogP contribution in [0, 0.1) is 23.0 Å². The molecule has 2 amide bonds. The second kappa shape index (κ2) is 8.85. The third-order valence-corrected chi connectivity index (χ3v) is 5.47. The maximum atomic E-state index is 13.8. The average Bonchev–Trinajstić information content (AvgIpc) is 2.70. The molecule has 1 saturated heterocycles. The van der Waals surface area contributed by atoms with Crippen molar-refractivity contribution in [3.8, 4) is 6.07 Å². The number of benzene rings is 2. The number of piperazine rings is 1. The lowest BCUT2D eigenvalue weighted by atomic mass is 10.1. The molecule has 29 heavy (non-hydrogen) atoms. The number of urea groups is 1. The molecule has 0 aromatic heterocycles. The van der Waals surface area contributed by atoms with E-state index in [9.17, 15) is 18.8 Å². The molecule has 2 aromatic carbocycles. The number of nitriles is 1. The van der Waals surface area contributed by atoms with Gasteiger partial charge in [-0.15, -0.1) is 0 Å². The molecule has 9 heteroatoms. The van der Waals surface area contributed by atoms with Gasteiger partial charge < -0.3 is 15.1 Å². The number of carbonyl (C=O) groups excluding carboxylic acids is 1. The van der Waals surface area contributed by atoms with Gasteiger partial charge in [0.25, 0.3) is 0 Å². The van der Waals surface area contributed by atoms with Crippen molar-refractivity contribution in [2.45, 2.75) is 13.0 Å². The molecule has 1 N–H and O–H groups in total. The average molecular weight is 439 g/mol. The SMILES string of the molecule is CC(NC(=O)N1CCN(c2cccc(F)c2C#N)CC1)c1cc(F)c(Cl)cc1Cl. The highest BCUT2D eigenvalue weighted by Crippen LogP contribution is 2.29. The van der Waals surface area contributed by atoms with Gasteiger partial charge in [-0.25, -0.2) is 13.6 Å². The van der Waals surface area contributed by atoms with Gasteiger partial charge in [0.1, 0.15) is 23.3 Å². The summed E-state index contributed by atoms with van der Waals surface area (Å²) in [5, 5.41) is 12.2. The number of amides is 2. The van der Waals surface area contributed by atoms with E-state index in [1.807, 2.05) is 11.0 Å². The Balaban J connectivity index is 1.63.